The Morgan fingerprint density at radius 3 is 2.07 bits per heavy atom. The molecule has 0 saturated carbocycles. The Bertz CT molecular complexity index is 758. The molecule has 0 aliphatic heterocycles. The third kappa shape index (κ3) is 5.79. The average Bonchev–Trinajstić information content (AvgIpc) is 2.64. The van der Waals surface area contributed by atoms with Crippen molar-refractivity contribution in [3.8, 4) is 5.75 Å². The van der Waals surface area contributed by atoms with E-state index in [9.17, 15) is 29.1 Å². The number of ether oxygens (including phenoxy) is 3. The number of methoxy groups -OCH3 is 2. The lowest BCUT2D eigenvalue weighted by atomic mass is 9.87. The van der Waals surface area contributed by atoms with Gasteiger partial charge in [-0.15, -0.1) is 0 Å². The second-order valence-corrected chi connectivity index (χ2v) is 5.79. The highest BCUT2D eigenvalue weighted by Crippen LogP contribution is 2.21. The Hall–Kier alpha value is -3.43. The van der Waals surface area contributed by atoms with Crippen LogP contribution >= 0.6 is 0 Å². The van der Waals surface area contributed by atoms with E-state index in [2.05, 4.69) is 14.8 Å². The van der Waals surface area contributed by atoms with E-state index in [4.69, 9.17) is 4.74 Å². The minimum Gasteiger partial charge on any atom is -0.480 e. The molecule has 0 saturated heterocycles. The fourth-order valence-corrected chi connectivity index (χ4v) is 2.48. The summed E-state index contributed by atoms with van der Waals surface area (Å²) < 4.78 is 13.9. The number of carbonyl (C=O) groups is 5. The summed E-state index contributed by atoms with van der Waals surface area (Å²) in [6.45, 7) is 2.49. The molecule has 0 radical (unpaired) electrons. The summed E-state index contributed by atoms with van der Waals surface area (Å²) in [7, 11) is 2.08. The van der Waals surface area contributed by atoms with E-state index >= 15 is 0 Å². The Morgan fingerprint density at radius 2 is 1.61 bits per heavy atom. The molecule has 1 rings (SSSR count). The van der Waals surface area contributed by atoms with Gasteiger partial charge < -0.3 is 24.6 Å². The summed E-state index contributed by atoms with van der Waals surface area (Å²) in [5.41, 5.74) is 0.0184. The predicted molar refractivity (Wildman–Crippen MR) is 93.3 cm³/mol. The topological polar surface area (TPSA) is 145 Å². The van der Waals surface area contributed by atoms with Crippen molar-refractivity contribution in [2.24, 2.45) is 11.8 Å². The summed E-state index contributed by atoms with van der Waals surface area (Å²) in [6, 6.07) is 3.91. The first-order valence-electron chi connectivity index (χ1n) is 8.10. The zero-order valence-corrected chi connectivity index (χ0v) is 15.8. The first-order chi connectivity index (χ1) is 13.1. The number of carboxylic acid groups (broad SMARTS) is 1. The number of hydrogen-bond donors (Lipinski definition) is 2. The van der Waals surface area contributed by atoms with Gasteiger partial charge in [0.05, 0.1) is 14.2 Å². The van der Waals surface area contributed by atoms with Gasteiger partial charge in [-0.05, 0) is 18.2 Å². The van der Waals surface area contributed by atoms with Crippen molar-refractivity contribution in [2.45, 2.75) is 19.9 Å². The van der Waals surface area contributed by atoms with Gasteiger partial charge >= 0.3 is 23.9 Å². The molecule has 1 aromatic rings. The monoisotopic (exact) mass is 395 g/mol. The van der Waals surface area contributed by atoms with Crippen molar-refractivity contribution in [2.75, 3.05) is 14.2 Å². The van der Waals surface area contributed by atoms with Crippen molar-refractivity contribution in [3.05, 3.63) is 29.8 Å². The van der Waals surface area contributed by atoms with Crippen LogP contribution in [0, 0.1) is 11.8 Å². The number of benzene rings is 1. The first-order valence-corrected chi connectivity index (χ1v) is 8.10. The maximum atomic E-state index is 12.5. The number of aliphatic carboxylic acids is 1. The van der Waals surface area contributed by atoms with Crippen LogP contribution in [0.4, 0.5) is 0 Å². The number of nitrogens with one attached hydrogen (secondary N) is 1. The molecular formula is C18H21NO9. The lowest BCUT2D eigenvalue weighted by molar-refractivity contribution is -0.162. The largest absolute Gasteiger partial charge is 0.480 e. The lowest BCUT2D eigenvalue weighted by Crippen LogP contribution is -2.50. The summed E-state index contributed by atoms with van der Waals surface area (Å²) in [6.07, 6.45) is 0. The van der Waals surface area contributed by atoms with E-state index in [1.807, 2.05) is 0 Å². The maximum Gasteiger partial charge on any atom is 0.326 e. The van der Waals surface area contributed by atoms with Crippen LogP contribution in [0.2, 0.25) is 0 Å². The van der Waals surface area contributed by atoms with Crippen LogP contribution in [0.3, 0.4) is 0 Å². The highest BCUT2D eigenvalue weighted by atomic mass is 16.5. The molecule has 28 heavy (non-hydrogen) atoms. The molecule has 1 aromatic carbocycles. The maximum absolute atomic E-state index is 12.5. The Labute approximate surface area is 160 Å². The van der Waals surface area contributed by atoms with Crippen LogP contribution < -0.4 is 10.1 Å². The molecule has 0 heterocycles. The van der Waals surface area contributed by atoms with Crippen molar-refractivity contribution >= 4 is 29.8 Å². The molecule has 0 spiro atoms. The van der Waals surface area contributed by atoms with E-state index in [1.165, 1.54) is 38.1 Å². The van der Waals surface area contributed by atoms with E-state index < -0.39 is 47.7 Å². The molecular weight excluding hydrogens is 374 g/mol. The number of carbonyl (C=O) groups excluding carboxylic acids is 4. The Kier molecular flexibility index (Phi) is 8.11. The molecule has 0 aromatic heterocycles. The molecule has 0 unspecified atom stereocenters. The average molecular weight is 395 g/mol. The van der Waals surface area contributed by atoms with Crippen molar-refractivity contribution < 1.29 is 43.3 Å². The van der Waals surface area contributed by atoms with Crippen molar-refractivity contribution in [3.63, 3.8) is 0 Å². The second kappa shape index (κ2) is 10.0. The molecule has 1 amide bonds. The highest BCUT2D eigenvalue weighted by molar-refractivity contribution is 5.99. The van der Waals surface area contributed by atoms with Gasteiger partial charge in [-0.2, -0.15) is 0 Å². The van der Waals surface area contributed by atoms with Crippen molar-refractivity contribution in [1.29, 1.82) is 0 Å². The number of esters is 3. The van der Waals surface area contributed by atoms with Crippen LogP contribution in [-0.2, 0) is 28.7 Å². The van der Waals surface area contributed by atoms with Gasteiger partial charge in [0.15, 0.2) is 5.92 Å². The van der Waals surface area contributed by atoms with E-state index in [1.54, 1.807) is 0 Å². The number of amides is 1. The van der Waals surface area contributed by atoms with E-state index in [0.29, 0.717) is 0 Å². The van der Waals surface area contributed by atoms with Gasteiger partial charge in [-0.25, -0.2) is 4.79 Å². The lowest BCUT2D eigenvalue weighted by Gasteiger charge is -2.26. The zero-order chi connectivity index (χ0) is 21.4. The van der Waals surface area contributed by atoms with E-state index in [-0.39, 0.29) is 11.3 Å². The van der Waals surface area contributed by atoms with Gasteiger partial charge in [-0.1, -0.05) is 13.0 Å². The Balaban J connectivity index is 3.10. The molecule has 0 fully saturated rings. The zero-order valence-electron chi connectivity index (χ0n) is 15.8. The molecule has 2 N–H and O–H groups in total. The van der Waals surface area contributed by atoms with Gasteiger partial charge in [0.25, 0.3) is 5.91 Å². The smallest absolute Gasteiger partial charge is 0.326 e. The van der Waals surface area contributed by atoms with Crippen LogP contribution in [0.25, 0.3) is 0 Å². The molecule has 0 bridgehead atoms. The first kappa shape index (κ1) is 22.6. The fraction of sp³-hybridized carbons (Fsp3) is 0.389. The summed E-state index contributed by atoms with van der Waals surface area (Å²) in [4.78, 5) is 59.0. The third-order valence-corrected chi connectivity index (χ3v) is 3.87. The SMILES string of the molecule is COC(=O)C(C(=O)OC)[C@@H](C)[C@H](NC(=O)c1cccc(OC(C)=O)c1)C(=O)O. The standard InChI is InChI=1S/C18H21NO9/c1-9(13(17(24)26-3)18(25)27-4)14(16(22)23)19-15(21)11-6-5-7-12(8-11)28-10(2)20/h5-9,13-14H,1-4H3,(H,19,21)(H,22,23)/t9-,14+/m1/s1. The van der Waals surface area contributed by atoms with Crippen LogP contribution in [0.15, 0.2) is 24.3 Å². The van der Waals surface area contributed by atoms with E-state index in [0.717, 1.165) is 14.2 Å². The van der Waals surface area contributed by atoms with Crippen LogP contribution in [-0.4, -0.2) is 55.2 Å². The van der Waals surface area contributed by atoms with Gasteiger partial charge in [-0.3, -0.25) is 19.2 Å². The minimum absolute atomic E-state index is 0.0184. The normalized spacial score (nSPS) is 12.5. The molecule has 0 aliphatic carbocycles. The van der Waals surface area contributed by atoms with Gasteiger partial charge in [0.2, 0.25) is 0 Å². The predicted octanol–water partition coefficient (Wildman–Crippen LogP) is 0.393. The van der Waals surface area contributed by atoms with Gasteiger partial charge in [0.1, 0.15) is 11.8 Å². The summed E-state index contributed by atoms with van der Waals surface area (Å²) in [5, 5.41) is 11.7. The highest BCUT2D eigenvalue weighted by Gasteiger charge is 2.42. The molecule has 10 heteroatoms. The summed E-state index contributed by atoms with van der Waals surface area (Å²) >= 11 is 0. The molecule has 2 atom stereocenters. The minimum atomic E-state index is -1.60. The fourth-order valence-electron chi connectivity index (χ4n) is 2.48. The molecule has 10 nitrogen and oxygen atoms in total. The summed E-state index contributed by atoms with van der Waals surface area (Å²) in [5.74, 6) is -7.47. The number of carboxylic acids is 1. The van der Waals surface area contributed by atoms with Crippen LogP contribution in [0.1, 0.15) is 24.2 Å². The third-order valence-electron chi connectivity index (χ3n) is 3.87. The van der Waals surface area contributed by atoms with Gasteiger partial charge in [0, 0.05) is 18.4 Å². The number of rotatable bonds is 8. The Morgan fingerprint density at radius 1 is 1.04 bits per heavy atom. The van der Waals surface area contributed by atoms with Crippen molar-refractivity contribution in [1.82, 2.24) is 5.32 Å². The molecule has 152 valence electrons. The van der Waals surface area contributed by atoms with Crippen LogP contribution in [0.5, 0.6) is 5.75 Å². The molecule has 0 aliphatic rings. The second-order valence-electron chi connectivity index (χ2n) is 5.79. The quantitative estimate of drug-likeness (QED) is 0.363. The number of hydrogen-bond acceptors (Lipinski definition) is 8.